The smallest absolute Gasteiger partial charge is 0.150 e. The Hall–Kier alpha value is -3.26. The number of aromatic amines is 1. The summed E-state index contributed by atoms with van der Waals surface area (Å²) in [5, 5.41) is 12.4. The summed E-state index contributed by atoms with van der Waals surface area (Å²) < 4.78 is 5.11. The second-order valence-electron chi connectivity index (χ2n) is 4.65. The Bertz CT molecular complexity index is 823. The normalized spacial score (nSPS) is 11.2. The maximum absolute atomic E-state index is 9.33. The van der Waals surface area contributed by atoms with Crippen molar-refractivity contribution in [3.8, 4) is 11.8 Å². The van der Waals surface area contributed by atoms with Crippen molar-refractivity contribution in [1.29, 1.82) is 5.26 Å². The number of hydrogen-bond donors (Lipinski definition) is 2. The third-order valence-electron chi connectivity index (χ3n) is 3.24. The number of para-hydroxylation sites is 2. The molecule has 5 nitrogen and oxygen atoms in total. The number of rotatable bonds is 4. The standard InChI is InChI=1S/C17H14N4O/c1-22-14-8-6-13(7-9-14)19-11-12(10-18)17-20-15-4-2-3-5-16(15)21-17/h2-9,11,19H,1H3,(H,20,21)/b12-11-. The Morgan fingerprint density at radius 2 is 2.00 bits per heavy atom. The monoisotopic (exact) mass is 290 g/mol. The number of hydrogen-bond acceptors (Lipinski definition) is 4. The predicted octanol–water partition coefficient (Wildman–Crippen LogP) is 3.55. The lowest BCUT2D eigenvalue weighted by molar-refractivity contribution is 0.415. The molecule has 0 amide bonds. The van der Waals surface area contributed by atoms with Gasteiger partial charge in [-0.3, -0.25) is 0 Å². The molecule has 0 atom stereocenters. The van der Waals surface area contributed by atoms with Crippen LogP contribution >= 0.6 is 0 Å². The number of fused-ring (bicyclic) bond motifs is 1. The van der Waals surface area contributed by atoms with Crippen LogP contribution < -0.4 is 10.1 Å². The number of aromatic nitrogens is 2. The number of allylic oxidation sites excluding steroid dienone is 1. The SMILES string of the molecule is COc1ccc(N/C=C(/C#N)c2nc3ccccc3[nH]2)cc1. The fourth-order valence-electron chi connectivity index (χ4n) is 2.08. The molecule has 0 radical (unpaired) electrons. The first-order valence-electron chi connectivity index (χ1n) is 6.76. The van der Waals surface area contributed by atoms with Crippen LogP contribution in [0.1, 0.15) is 5.82 Å². The van der Waals surface area contributed by atoms with Gasteiger partial charge < -0.3 is 15.0 Å². The third-order valence-corrected chi connectivity index (χ3v) is 3.24. The molecule has 1 heterocycles. The molecule has 3 rings (SSSR count). The summed E-state index contributed by atoms with van der Waals surface area (Å²) in [4.78, 5) is 7.56. The van der Waals surface area contributed by atoms with Crippen LogP contribution in [0.5, 0.6) is 5.75 Å². The lowest BCUT2D eigenvalue weighted by Gasteiger charge is -2.03. The summed E-state index contributed by atoms with van der Waals surface area (Å²) in [6.07, 6.45) is 1.64. The van der Waals surface area contributed by atoms with Crippen LogP contribution in [0, 0.1) is 11.3 Å². The van der Waals surface area contributed by atoms with Crippen LogP contribution in [0.15, 0.2) is 54.7 Å². The van der Waals surface area contributed by atoms with E-state index in [1.807, 2.05) is 48.5 Å². The second-order valence-corrected chi connectivity index (χ2v) is 4.65. The van der Waals surface area contributed by atoms with E-state index in [0.29, 0.717) is 11.4 Å². The van der Waals surface area contributed by atoms with Gasteiger partial charge >= 0.3 is 0 Å². The molecular formula is C17H14N4O. The molecule has 0 saturated heterocycles. The van der Waals surface area contributed by atoms with E-state index in [4.69, 9.17) is 4.74 Å². The first-order chi connectivity index (χ1) is 10.8. The van der Waals surface area contributed by atoms with Gasteiger partial charge in [-0.1, -0.05) is 12.1 Å². The Morgan fingerprint density at radius 3 is 2.68 bits per heavy atom. The number of ether oxygens (including phenoxy) is 1. The lowest BCUT2D eigenvalue weighted by atomic mass is 10.3. The highest BCUT2D eigenvalue weighted by Gasteiger charge is 2.07. The Labute approximate surface area is 127 Å². The van der Waals surface area contributed by atoms with Gasteiger partial charge in [0.05, 0.1) is 18.1 Å². The average Bonchev–Trinajstić information content (AvgIpc) is 3.00. The molecular weight excluding hydrogens is 276 g/mol. The highest BCUT2D eigenvalue weighted by atomic mass is 16.5. The molecule has 2 aromatic carbocycles. The van der Waals surface area contributed by atoms with Crippen molar-refractivity contribution >= 4 is 22.3 Å². The van der Waals surface area contributed by atoms with Crippen LogP contribution in [0.3, 0.4) is 0 Å². The van der Waals surface area contributed by atoms with E-state index in [-0.39, 0.29) is 0 Å². The number of H-pyrrole nitrogens is 1. The van der Waals surface area contributed by atoms with Crippen LogP contribution in [0.2, 0.25) is 0 Å². The molecule has 5 heteroatoms. The van der Waals surface area contributed by atoms with Gasteiger partial charge in [0.1, 0.15) is 17.4 Å². The molecule has 0 fully saturated rings. The highest BCUT2D eigenvalue weighted by Crippen LogP contribution is 2.18. The van der Waals surface area contributed by atoms with Gasteiger partial charge in [0.25, 0.3) is 0 Å². The van der Waals surface area contributed by atoms with Crippen molar-refractivity contribution in [2.75, 3.05) is 12.4 Å². The Morgan fingerprint density at radius 1 is 1.23 bits per heavy atom. The number of nitriles is 1. The Balaban J connectivity index is 1.84. The van der Waals surface area contributed by atoms with Crippen molar-refractivity contribution < 1.29 is 4.74 Å². The summed E-state index contributed by atoms with van der Waals surface area (Å²) in [5.41, 5.74) is 3.04. The van der Waals surface area contributed by atoms with Gasteiger partial charge in [0.2, 0.25) is 0 Å². The molecule has 0 saturated carbocycles. The average molecular weight is 290 g/mol. The van der Waals surface area contributed by atoms with Crippen molar-refractivity contribution in [2.24, 2.45) is 0 Å². The fourth-order valence-corrected chi connectivity index (χ4v) is 2.08. The molecule has 0 spiro atoms. The van der Waals surface area contributed by atoms with Gasteiger partial charge in [-0.15, -0.1) is 0 Å². The van der Waals surface area contributed by atoms with E-state index >= 15 is 0 Å². The van der Waals surface area contributed by atoms with Gasteiger partial charge in [0.15, 0.2) is 5.82 Å². The number of benzene rings is 2. The zero-order chi connectivity index (χ0) is 15.4. The minimum Gasteiger partial charge on any atom is -0.497 e. The minimum absolute atomic E-state index is 0.437. The van der Waals surface area contributed by atoms with Crippen molar-refractivity contribution in [3.05, 3.63) is 60.6 Å². The highest BCUT2D eigenvalue weighted by molar-refractivity contribution is 5.82. The molecule has 1 aromatic heterocycles. The van der Waals surface area contributed by atoms with Crippen LogP contribution in [-0.2, 0) is 0 Å². The van der Waals surface area contributed by atoms with Gasteiger partial charge in [-0.25, -0.2) is 4.98 Å². The van der Waals surface area contributed by atoms with E-state index in [1.165, 1.54) is 0 Å². The number of nitrogens with zero attached hydrogens (tertiary/aromatic N) is 2. The van der Waals surface area contributed by atoms with E-state index in [2.05, 4.69) is 21.4 Å². The molecule has 0 aliphatic rings. The summed E-state index contributed by atoms with van der Waals surface area (Å²) in [7, 11) is 1.62. The van der Waals surface area contributed by atoms with Crippen LogP contribution in [-0.4, -0.2) is 17.1 Å². The second kappa shape index (κ2) is 6.02. The van der Waals surface area contributed by atoms with E-state index in [9.17, 15) is 5.26 Å². The largest absolute Gasteiger partial charge is 0.497 e. The molecule has 0 unspecified atom stereocenters. The molecule has 2 N–H and O–H groups in total. The number of nitrogens with one attached hydrogen (secondary N) is 2. The van der Waals surface area contributed by atoms with E-state index < -0.39 is 0 Å². The van der Waals surface area contributed by atoms with E-state index in [1.54, 1.807) is 13.3 Å². The molecule has 22 heavy (non-hydrogen) atoms. The lowest BCUT2D eigenvalue weighted by Crippen LogP contribution is -1.92. The summed E-state index contributed by atoms with van der Waals surface area (Å²) in [6.45, 7) is 0. The zero-order valence-corrected chi connectivity index (χ0v) is 12.0. The summed E-state index contributed by atoms with van der Waals surface area (Å²) in [6, 6.07) is 17.3. The maximum Gasteiger partial charge on any atom is 0.150 e. The fraction of sp³-hybridized carbons (Fsp3) is 0.0588. The van der Waals surface area contributed by atoms with Crippen LogP contribution in [0.25, 0.3) is 16.6 Å². The first-order valence-corrected chi connectivity index (χ1v) is 6.76. The van der Waals surface area contributed by atoms with Crippen molar-refractivity contribution in [1.82, 2.24) is 9.97 Å². The molecule has 108 valence electrons. The molecule has 0 aliphatic carbocycles. The quantitative estimate of drug-likeness (QED) is 0.721. The topological polar surface area (TPSA) is 73.7 Å². The Kier molecular flexibility index (Phi) is 3.75. The number of methoxy groups -OCH3 is 1. The van der Waals surface area contributed by atoms with Crippen LogP contribution in [0.4, 0.5) is 5.69 Å². The van der Waals surface area contributed by atoms with Crippen molar-refractivity contribution in [2.45, 2.75) is 0 Å². The summed E-state index contributed by atoms with van der Waals surface area (Å²) >= 11 is 0. The van der Waals surface area contributed by atoms with Crippen molar-refractivity contribution in [3.63, 3.8) is 0 Å². The summed E-state index contributed by atoms with van der Waals surface area (Å²) in [5.74, 6) is 1.33. The third kappa shape index (κ3) is 2.76. The predicted molar refractivity (Wildman–Crippen MR) is 86.3 cm³/mol. The zero-order valence-electron chi connectivity index (χ0n) is 12.0. The maximum atomic E-state index is 9.33. The first kappa shape index (κ1) is 13.7. The van der Waals surface area contributed by atoms with E-state index in [0.717, 1.165) is 22.5 Å². The van der Waals surface area contributed by atoms with Gasteiger partial charge in [0, 0.05) is 11.9 Å². The number of imidazole rings is 1. The molecule has 0 bridgehead atoms. The van der Waals surface area contributed by atoms with Gasteiger partial charge in [-0.2, -0.15) is 5.26 Å². The van der Waals surface area contributed by atoms with Gasteiger partial charge in [-0.05, 0) is 36.4 Å². The molecule has 0 aliphatic heterocycles. The minimum atomic E-state index is 0.437. The number of anilines is 1. The molecule has 3 aromatic rings.